The molecule has 1 fully saturated rings. The summed E-state index contributed by atoms with van der Waals surface area (Å²) in [7, 11) is 0. The molecule has 13 heteroatoms. The third-order valence-electron chi connectivity index (χ3n) is 5.70. The summed E-state index contributed by atoms with van der Waals surface area (Å²) in [6.07, 6.45) is -0.562. The highest BCUT2D eigenvalue weighted by Crippen LogP contribution is 2.37. The molecular formula is C24H27ClF3N3O6. The summed E-state index contributed by atoms with van der Waals surface area (Å²) in [5.74, 6) is -4.06. The number of nitrogens with zero attached hydrogens (tertiary/aromatic N) is 2. The average Bonchev–Trinajstić information content (AvgIpc) is 3.40. The molecule has 1 aliphatic rings. The summed E-state index contributed by atoms with van der Waals surface area (Å²) in [6, 6.07) is 5.46. The summed E-state index contributed by atoms with van der Waals surface area (Å²) in [6.45, 7) is -0.456. The van der Waals surface area contributed by atoms with Crippen molar-refractivity contribution >= 4 is 29.2 Å². The number of aromatic nitrogens is 1. The Labute approximate surface area is 216 Å². The number of carbonyl (C=O) groups is 2. The molecule has 0 bridgehead atoms. The van der Waals surface area contributed by atoms with Crippen LogP contribution in [0.3, 0.4) is 0 Å². The van der Waals surface area contributed by atoms with Crippen molar-refractivity contribution in [1.82, 2.24) is 9.88 Å². The summed E-state index contributed by atoms with van der Waals surface area (Å²) in [5.41, 5.74) is 0.357. The molecular weight excluding hydrogens is 519 g/mol. The molecule has 3 N–H and O–H groups in total. The van der Waals surface area contributed by atoms with Gasteiger partial charge in [0.2, 0.25) is 0 Å². The van der Waals surface area contributed by atoms with Crippen molar-refractivity contribution < 1.29 is 42.4 Å². The Balaban J connectivity index is 1.88. The van der Waals surface area contributed by atoms with Crippen LogP contribution in [0.25, 0.3) is 0 Å². The number of hydrogen-bond acceptors (Lipinski definition) is 8. The van der Waals surface area contributed by atoms with Gasteiger partial charge in [0.15, 0.2) is 5.75 Å². The van der Waals surface area contributed by atoms with Crippen molar-refractivity contribution in [1.29, 1.82) is 0 Å². The maximum absolute atomic E-state index is 13.6. The van der Waals surface area contributed by atoms with Gasteiger partial charge in [0.1, 0.15) is 12.4 Å². The Hall–Kier alpha value is -3.09. The lowest BCUT2D eigenvalue weighted by Gasteiger charge is -2.31. The number of halogens is 4. The maximum Gasteiger partial charge on any atom is 0.491 e. The van der Waals surface area contributed by atoms with Crippen LogP contribution in [0, 0.1) is 0 Å². The van der Waals surface area contributed by atoms with E-state index in [1.165, 1.54) is 4.90 Å². The van der Waals surface area contributed by atoms with Crippen LogP contribution in [-0.4, -0.2) is 76.6 Å². The summed E-state index contributed by atoms with van der Waals surface area (Å²) in [5, 5.41) is 22.0. The predicted octanol–water partition coefficient (Wildman–Crippen LogP) is 3.43. The first kappa shape index (κ1) is 28.5. The van der Waals surface area contributed by atoms with Gasteiger partial charge in [0, 0.05) is 43.3 Å². The smallest absolute Gasteiger partial charge is 0.491 e. The van der Waals surface area contributed by atoms with Gasteiger partial charge in [-0.15, -0.1) is 0 Å². The number of benzene rings is 1. The minimum absolute atomic E-state index is 0.0609. The molecule has 1 aromatic carbocycles. The number of nitrogens with one attached hydrogen (secondary N) is 1. The van der Waals surface area contributed by atoms with Gasteiger partial charge in [-0.3, -0.25) is 9.78 Å². The van der Waals surface area contributed by atoms with Gasteiger partial charge in [0.25, 0.3) is 5.91 Å². The Kier molecular flexibility index (Phi) is 9.95. The van der Waals surface area contributed by atoms with Crippen LogP contribution in [0.2, 0.25) is 5.02 Å². The van der Waals surface area contributed by atoms with Gasteiger partial charge in [-0.25, -0.2) is 4.79 Å². The Morgan fingerprint density at radius 3 is 2.51 bits per heavy atom. The van der Waals surface area contributed by atoms with E-state index in [4.69, 9.17) is 16.3 Å². The lowest BCUT2D eigenvalue weighted by atomic mass is 10.1. The Morgan fingerprint density at radius 1 is 1.22 bits per heavy atom. The first-order valence-corrected chi connectivity index (χ1v) is 12.0. The summed E-state index contributed by atoms with van der Waals surface area (Å²) < 4.78 is 49.0. The molecule has 0 saturated heterocycles. The van der Waals surface area contributed by atoms with Crippen molar-refractivity contribution in [2.24, 2.45) is 0 Å². The number of hydrogen-bond donors (Lipinski definition) is 3. The highest BCUT2D eigenvalue weighted by Gasteiger charge is 2.43. The molecule has 1 unspecified atom stereocenters. The van der Waals surface area contributed by atoms with E-state index in [1.807, 2.05) is 0 Å². The largest absolute Gasteiger partial charge is 0.492 e. The normalized spacial score (nSPS) is 14.8. The zero-order valence-corrected chi connectivity index (χ0v) is 20.5. The Bertz CT molecular complexity index is 1070. The third kappa shape index (κ3) is 7.94. The SMILES string of the molecule is O=C(c1cc(OCCNc2ccncc2)cc(Cl)c1OC(=O)C(F)(F)F)N(CC(O)CO)C1CCCC1. The molecule has 1 aliphatic carbocycles. The molecule has 9 nitrogen and oxygen atoms in total. The van der Waals surface area contributed by atoms with Crippen LogP contribution >= 0.6 is 11.6 Å². The number of pyridine rings is 1. The zero-order valence-electron chi connectivity index (χ0n) is 19.7. The predicted molar refractivity (Wildman–Crippen MR) is 128 cm³/mol. The van der Waals surface area contributed by atoms with Gasteiger partial charge >= 0.3 is 12.1 Å². The number of amides is 1. The van der Waals surface area contributed by atoms with E-state index >= 15 is 0 Å². The van der Waals surface area contributed by atoms with Crippen LogP contribution in [0.4, 0.5) is 18.9 Å². The van der Waals surface area contributed by atoms with Gasteiger partial charge in [0.05, 0.1) is 23.3 Å². The molecule has 1 heterocycles. The van der Waals surface area contributed by atoms with Crippen molar-refractivity contribution in [2.75, 3.05) is 31.6 Å². The second kappa shape index (κ2) is 12.9. The van der Waals surface area contributed by atoms with E-state index in [9.17, 15) is 33.0 Å². The van der Waals surface area contributed by atoms with Crippen LogP contribution in [0.15, 0.2) is 36.7 Å². The second-order valence-electron chi connectivity index (χ2n) is 8.41. The lowest BCUT2D eigenvalue weighted by Crippen LogP contribution is -2.44. The van der Waals surface area contributed by atoms with E-state index in [0.717, 1.165) is 30.7 Å². The number of anilines is 1. The van der Waals surface area contributed by atoms with Crippen LogP contribution in [0.5, 0.6) is 11.5 Å². The number of carbonyl (C=O) groups excluding carboxylic acids is 2. The second-order valence-corrected chi connectivity index (χ2v) is 8.82. The van der Waals surface area contributed by atoms with Crippen LogP contribution in [0.1, 0.15) is 36.0 Å². The molecule has 37 heavy (non-hydrogen) atoms. The van der Waals surface area contributed by atoms with Crippen LogP contribution < -0.4 is 14.8 Å². The standard InChI is InChI=1S/C24H27ClF3N3O6/c25-20-12-18(36-10-9-30-15-5-7-29-8-6-15)11-19(21(20)37-23(35)24(26,27)28)22(34)31(13-17(33)14-32)16-3-1-2-4-16/h5-8,11-12,16-17,32-33H,1-4,9-10,13-14H2,(H,29,30). The van der Waals surface area contributed by atoms with Crippen molar-refractivity contribution in [3.63, 3.8) is 0 Å². The fourth-order valence-electron chi connectivity index (χ4n) is 3.95. The van der Waals surface area contributed by atoms with Crippen LogP contribution in [-0.2, 0) is 4.79 Å². The molecule has 0 aliphatic heterocycles. The van der Waals surface area contributed by atoms with Gasteiger partial charge in [-0.2, -0.15) is 13.2 Å². The molecule has 202 valence electrons. The average molecular weight is 546 g/mol. The highest BCUT2D eigenvalue weighted by molar-refractivity contribution is 6.33. The van der Waals surface area contributed by atoms with E-state index in [-0.39, 0.29) is 24.9 Å². The molecule has 1 aromatic heterocycles. The van der Waals surface area contributed by atoms with Crippen molar-refractivity contribution in [2.45, 2.75) is 44.0 Å². The van der Waals surface area contributed by atoms with Crippen molar-refractivity contribution in [3.05, 3.63) is 47.2 Å². The molecule has 1 saturated carbocycles. The summed E-state index contributed by atoms with van der Waals surface area (Å²) >= 11 is 6.17. The van der Waals surface area contributed by atoms with E-state index < -0.39 is 47.1 Å². The topological polar surface area (TPSA) is 121 Å². The summed E-state index contributed by atoms with van der Waals surface area (Å²) in [4.78, 5) is 30.3. The van der Waals surface area contributed by atoms with E-state index in [1.54, 1.807) is 24.5 Å². The fraction of sp³-hybridized carbons (Fsp3) is 0.458. The van der Waals surface area contributed by atoms with E-state index in [0.29, 0.717) is 19.4 Å². The number of alkyl halides is 3. The maximum atomic E-state index is 13.6. The molecule has 1 amide bonds. The first-order valence-electron chi connectivity index (χ1n) is 11.6. The minimum Gasteiger partial charge on any atom is -0.492 e. The highest BCUT2D eigenvalue weighted by atomic mass is 35.5. The number of rotatable bonds is 11. The van der Waals surface area contributed by atoms with Gasteiger partial charge in [-0.05, 0) is 31.0 Å². The molecule has 1 atom stereocenters. The fourth-order valence-corrected chi connectivity index (χ4v) is 4.20. The molecule has 0 spiro atoms. The van der Waals surface area contributed by atoms with Gasteiger partial charge in [-0.1, -0.05) is 24.4 Å². The number of aliphatic hydroxyl groups is 2. The Morgan fingerprint density at radius 2 is 1.89 bits per heavy atom. The molecule has 0 radical (unpaired) electrons. The van der Waals surface area contributed by atoms with E-state index in [2.05, 4.69) is 15.0 Å². The van der Waals surface area contributed by atoms with Gasteiger partial charge < -0.3 is 29.9 Å². The molecule has 3 rings (SSSR count). The first-order chi connectivity index (χ1) is 17.6. The number of ether oxygens (including phenoxy) is 2. The quantitative estimate of drug-likeness (QED) is 0.223. The minimum atomic E-state index is -5.32. The third-order valence-corrected chi connectivity index (χ3v) is 5.98. The number of aliphatic hydroxyl groups excluding tert-OH is 2. The molecule has 2 aromatic rings. The number of esters is 1. The van der Waals surface area contributed by atoms with Crippen molar-refractivity contribution in [3.8, 4) is 11.5 Å². The monoisotopic (exact) mass is 545 g/mol. The lowest BCUT2D eigenvalue weighted by molar-refractivity contribution is -0.189. The zero-order chi connectivity index (χ0) is 27.0.